The summed E-state index contributed by atoms with van der Waals surface area (Å²) in [4.78, 5) is 12.8. The molecular formula is C24H30ClNO2. The fourth-order valence-corrected chi connectivity index (χ4v) is 4.02. The summed E-state index contributed by atoms with van der Waals surface area (Å²) in [6, 6.07) is 10.4. The number of carbonyl (C=O) groups is 1. The van der Waals surface area contributed by atoms with Crippen molar-refractivity contribution in [1.29, 1.82) is 0 Å². The minimum absolute atomic E-state index is 0.000494. The molecule has 4 heteroatoms. The van der Waals surface area contributed by atoms with Crippen LogP contribution in [0.3, 0.4) is 0 Å². The van der Waals surface area contributed by atoms with Crippen molar-refractivity contribution in [1.82, 2.24) is 5.32 Å². The van der Waals surface area contributed by atoms with E-state index in [0.29, 0.717) is 5.75 Å². The van der Waals surface area contributed by atoms with Crippen molar-refractivity contribution in [3.05, 3.63) is 63.2 Å². The topological polar surface area (TPSA) is 38.3 Å². The minimum atomic E-state index is -0.577. The van der Waals surface area contributed by atoms with Crippen molar-refractivity contribution < 1.29 is 9.53 Å². The Labute approximate surface area is 173 Å². The van der Waals surface area contributed by atoms with Gasteiger partial charge in [-0.3, -0.25) is 4.79 Å². The fraction of sp³-hybridized carbons (Fsp3) is 0.458. The quantitative estimate of drug-likeness (QED) is 0.659. The number of rotatable bonds is 6. The van der Waals surface area contributed by atoms with Crippen molar-refractivity contribution >= 4 is 17.5 Å². The highest BCUT2D eigenvalue weighted by Gasteiger charge is 2.21. The molecule has 0 saturated carbocycles. The molecule has 2 aromatic carbocycles. The summed E-state index contributed by atoms with van der Waals surface area (Å²) in [5, 5.41) is 3.90. The standard InChI is InChI=1S/C24H30ClNO2/c1-5-22(20-11-10-18-8-6-7-9-19(18)14-20)26-24(27)17(4)28-21-12-15(2)23(25)16(3)13-21/h10-14,17,22H,5-9H2,1-4H3,(H,26,27)/t17-,22+/m1/s1. The Morgan fingerprint density at radius 3 is 2.39 bits per heavy atom. The number of hydrogen-bond acceptors (Lipinski definition) is 2. The van der Waals surface area contributed by atoms with Crippen LogP contribution < -0.4 is 10.1 Å². The van der Waals surface area contributed by atoms with E-state index in [9.17, 15) is 4.79 Å². The zero-order chi connectivity index (χ0) is 20.3. The maximum atomic E-state index is 12.8. The second kappa shape index (κ2) is 9.00. The van der Waals surface area contributed by atoms with E-state index < -0.39 is 6.10 Å². The molecule has 0 unspecified atom stereocenters. The van der Waals surface area contributed by atoms with Crippen LogP contribution in [0, 0.1) is 13.8 Å². The molecule has 1 amide bonds. The monoisotopic (exact) mass is 399 g/mol. The van der Waals surface area contributed by atoms with Gasteiger partial charge in [0.2, 0.25) is 0 Å². The Morgan fingerprint density at radius 1 is 1.11 bits per heavy atom. The van der Waals surface area contributed by atoms with E-state index in [1.807, 2.05) is 26.0 Å². The molecule has 0 aliphatic heterocycles. The van der Waals surface area contributed by atoms with Crippen LogP contribution in [0.1, 0.15) is 67.0 Å². The van der Waals surface area contributed by atoms with E-state index in [4.69, 9.17) is 16.3 Å². The maximum absolute atomic E-state index is 12.8. The number of aryl methyl sites for hydroxylation is 4. The summed E-state index contributed by atoms with van der Waals surface area (Å²) in [7, 11) is 0. The summed E-state index contributed by atoms with van der Waals surface area (Å²) < 4.78 is 5.89. The Kier molecular flexibility index (Phi) is 6.66. The first-order valence-corrected chi connectivity index (χ1v) is 10.6. The second-order valence-corrected chi connectivity index (χ2v) is 8.21. The third-order valence-corrected chi connectivity index (χ3v) is 6.19. The van der Waals surface area contributed by atoms with E-state index in [1.54, 1.807) is 6.92 Å². The highest BCUT2D eigenvalue weighted by Crippen LogP contribution is 2.28. The van der Waals surface area contributed by atoms with Crippen molar-refractivity contribution in [2.45, 2.75) is 71.9 Å². The number of amides is 1. The zero-order valence-corrected chi connectivity index (χ0v) is 18.0. The van der Waals surface area contributed by atoms with Gasteiger partial charge in [0.1, 0.15) is 5.75 Å². The average molecular weight is 400 g/mol. The molecule has 1 aliphatic rings. The van der Waals surface area contributed by atoms with Crippen LogP contribution in [0.2, 0.25) is 5.02 Å². The number of halogens is 1. The van der Waals surface area contributed by atoms with Crippen molar-refractivity contribution in [2.75, 3.05) is 0 Å². The molecule has 0 radical (unpaired) electrons. The van der Waals surface area contributed by atoms with Crippen LogP contribution in [-0.4, -0.2) is 12.0 Å². The molecule has 1 aliphatic carbocycles. The van der Waals surface area contributed by atoms with E-state index in [1.165, 1.54) is 36.0 Å². The molecule has 28 heavy (non-hydrogen) atoms. The summed E-state index contributed by atoms with van der Waals surface area (Å²) >= 11 is 6.22. The predicted octanol–water partition coefficient (Wildman–Crippen LogP) is 5.87. The van der Waals surface area contributed by atoms with Crippen LogP contribution in [0.15, 0.2) is 30.3 Å². The van der Waals surface area contributed by atoms with Crippen molar-refractivity contribution in [3.63, 3.8) is 0 Å². The lowest BCUT2D eigenvalue weighted by atomic mass is 9.89. The van der Waals surface area contributed by atoms with E-state index in [0.717, 1.165) is 29.0 Å². The largest absolute Gasteiger partial charge is 0.481 e. The second-order valence-electron chi connectivity index (χ2n) is 7.84. The molecule has 0 saturated heterocycles. The van der Waals surface area contributed by atoms with Crippen molar-refractivity contribution in [2.24, 2.45) is 0 Å². The molecule has 150 valence electrons. The number of nitrogens with one attached hydrogen (secondary N) is 1. The van der Waals surface area contributed by atoms with Gasteiger partial charge >= 0.3 is 0 Å². The van der Waals surface area contributed by atoms with Crippen LogP contribution in [0.4, 0.5) is 0 Å². The van der Waals surface area contributed by atoms with E-state index >= 15 is 0 Å². The number of hydrogen-bond donors (Lipinski definition) is 1. The normalized spacial score (nSPS) is 15.5. The number of carbonyl (C=O) groups excluding carboxylic acids is 1. The van der Waals surface area contributed by atoms with Gasteiger partial charge in [-0.2, -0.15) is 0 Å². The smallest absolute Gasteiger partial charge is 0.261 e. The average Bonchev–Trinajstić information content (AvgIpc) is 2.69. The molecule has 0 aromatic heterocycles. The summed E-state index contributed by atoms with van der Waals surface area (Å²) in [5.74, 6) is 0.568. The maximum Gasteiger partial charge on any atom is 0.261 e. The summed E-state index contributed by atoms with van der Waals surface area (Å²) in [6.45, 7) is 7.77. The first-order chi connectivity index (χ1) is 13.4. The minimum Gasteiger partial charge on any atom is -0.481 e. The van der Waals surface area contributed by atoms with Gasteiger partial charge in [0, 0.05) is 5.02 Å². The van der Waals surface area contributed by atoms with Gasteiger partial charge in [0.15, 0.2) is 6.10 Å². The molecular weight excluding hydrogens is 370 g/mol. The Hall–Kier alpha value is -2.00. The third-order valence-electron chi connectivity index (χ3n) is 5.59. The predicted molar refractivity (Wildman–Crippen MR) is 115 cm³/mol. The van der Waals surface area contributed by atoms with E-state index in [2.05, 4.69) is 30.4 Å². The van der Waals surface area contributed by atoms with Gasteiger partial charge in [0.25, 0.3) is 5.91 Å². The SMILES string of the molecule is CC[C@H](NC(=O)[C@@H](C)Oc1cc(C)c(Cl)c(C)c1)c1ccc2c(c1)CCCC2. The van der Waals surface area contributed by atoms with Crippen molar-refractivity contribution in [3.8, 4) is 5.75 Å². The molecule has 0 fully saturated rings. The lowest BCUT2D eigenvalue weighted by molar-refractivity contribution is -0.128. The lowest BCUT2D eigenvalue weighted by Gasteiger charge is -2.23. The third kappa shape index (κ3) is 4.70. The van der Waals surface area contributed by atoms with Gasteiger partial charge in [0.05, 0.1) is 6.04 Å². The van der Waals surface area contributed by atoms with Gasteiger partial charge < -0.3 is 10.1 Å². The highest BCUT2D eigenvalue weighted by atomic mass is 35.5. The number of benzene rings is 2. The summed E-state index contributed by atoms with van der Waals surface area (Å²) in [6.07, 6.45) is 5.11. The lowest BCUT2D eigenvalue weighted by Crippen LogP contribution is -2.38. The van der Waals surface area contributed by atoms with Crippen LogP contribution in [-0.2, 0) is 17.6 Å². The molecule has 0 heterocycles. The first-order valence-electron chi connectivity index (χ1n) is 10.2. The van der Waals surface area contributed by atoms with Gasteiger partial charge in [-0.25, -0.2) is 0 Å². The molecule has 2 atom stereocenters. The Morgan fingerprint density at radius 2 is 1.75 bits per heavy atom. The van der Waals surface area contributed by atoms with Crippen LogP contribution in [0.25, 0.3) is 0 Å². The first kappa shape index (κ1) is 20.7. The highest BCUT2D eigenvalue weighted by molar-refractivity contribution is 6.32. The molecule has 3 nitrogen and oxygen atoms in total. The van der Waals surface area contributed by atoms with Gasteiger partial charge in [-0.1, -0.05) is 36.7 Å². The van der Waals surface area contributed by atoms with Gasteiger partial charge in [-0.05, 0) is 92.8 Å². The van der Waals surface area contributed by atoms with Gasteiger partial charge in [-0.15, -0.1) is 0 Å². The molecule has 0 spiro atoms. The Balaban J connectivity index is 1.68. The molecule has 0 bridgehead atoms. The van der Waals surface area contributed by atoms with E-state index in [-0.39, 0.29) is 11.9 Å². The molecule has 2 aromatic rings. The Bertz CT molecular complexity index is 839. The number of ether oxygens (including phenoxy) is 1. The number of fused-ring (bicyclic) bond motifs is 1. The van der Waals surface area contributed by atoms with Crippen LogP contribution in [0.5, 0.6) is 5.75 Å². The van der Waals surface area contributed by atoms with Crippen LogP contribution >= 0.6 is 11.6 Å². The fourth-order valence-electron chi connectivity index (χ4n) is 3.91. The molecule has 1 N–H and O–H groups in total. The summed E-state index contributed by atoms with van der Waals surface area (Å²) in [5.41, 5.74) is 5.98. The zero-order valence-electron chi connectivity index (χ0n) is 17.3. The molecule has 3 rings (SSSR count).